The summed E-state index contributed by atoms with van der Waals surface area (Å²) in [7, 11) is -1.61. The Hall–Kier alpha value is -1.34. The van der Waals surface area contributed by atoms with E-state index in [1.165, 1.54) is 18.9 Å². The van der Waals surface area contributed by atoms with E-state index in [1.54, 1.807) is 25.1 Å². The minimum absolute atomic E-state index is 0.0786. The first-order valence-electron chi connectivity index (χ1n) is 6.13. The minimum atomic E-state index is -3.10. The molecule has 1 saturated heterocycles. The molecule has 2 N–H and O–H groups in total. The predicted octanol–water partition coefficient (Wildman–Crippen LogP) is 1.80. The topological polar surface area (TPSA) is 75.6 Å². The van der Waals surface area contributed by atoms with Crippen LogP contribution in [-0.2, 0) is 9.84 Å². The number of phenolic OH excluding ortho intramolecular Hbond substituents is 1. The number of sulfone groups is 1. The second kappa shape index (κ2) is 5.97. The maximum Gasteiger partial charge on any atom is 0.180 e. The van der Waals surface area contributed by atoms with Crippen molar-refractivity contribution in [1.29, 1.82) is 0 Å². The fourth-order valence-electron chi connectivity index (χ4n) is 1.81. The molecule has 7 heteroatoms. The van der Waals surface area contributed by atoms with E-state index in [1.807, 2.05) is 6.08 Å². The molecule has 0 radical (unpaired) electrons. The van der Waals surface area contributed by atoms with Crippen LogP contribution in [0.15, 0.2) is 23.9 Å². The molecule has 1 atom stereocenters. The smallest absolute Gasteiger partial charge is 0.180 e. The van der Waals surface area contributed by atoms with Crippen LogP contribution in [0.1, 0.15) is 12.5 Å². The summed E-state index contributed by atoms with van der Waals surface area (Å²) in [6, 6.07) is 5.00. The molecule has 1 unspecified atom stereocenters. The lowest BCUT2D eigenvalue weighted by Crippen LogP contribution is -2.29. The van der Waals surface area contributed by atoms with Crippen molar-refractivity contribution in [3.05, 3.63) is 29.5 Å². The molecule has 0 spiro atoms. The molecule has 1 aromatic carbocycles. The van der Waals surface area contributed by atoms with E-state index in [0.717, 1.165) is 11.3 Å². The molecule has 0 saturated carbocycles. The molecular weight excluding hydrogens is 298 g/mol. The largest absolute Gasteiger partial charge is 0.504 e. The van der Waals surface area contributed by atoms with Gasteiger partial charge in [0.15, 0.2) is 26.0 Å². The Bertz CT molecular complexity index is 625. The number of hydrogen-bond acceptors (Lipinski definition) is 6. The van der Waals surface area contributed by atoms with Gasteiger partial charge in [0.25, 0.3) is 0 Å². The molecule has 0 amide bonds. The summed E-state index contributed by atoms with van der Waals surface area (Å²) in [6.45, 7) is 1.64. The Balaban J connectivity index is 2.18. The molecule has 5 nitrogen and oxygen atoms in total. The van der Waals surface area contributed by atoms with Crippen LogP contribution in [0, 0.1) is 0 Å². The maximum absolute atomic E-state index is 11.8. The number of benzene rings is 1. The monoisotopic (exact) mass is 315 g/mol. The number of nitrogens with one attached hydrogen (secondary N) is 1. The molecule has 1 aliphatic rings. The number of phenols is 1. The fourth-order valence-corrected chi connectivity index (χ4v) is 4.62. The first kappa shape index (κ1) is 15.1. The van der Waals surface area contributed by atoms with Gasteiger partial charge in [-0.3, -0.25) is 0 Å². The molecule has 2 rings (SSSR count). The van der Waals surface area contributed by atoms with Crippen LogP contribution in [0.3, 0.4) is 0 Å². The molecule has 1 fully saturated rings. The Kier molecular flexibility index (Phi) is 4.49. The summed E-state index contributed by atoms with van der Waals surface area (Å²) in [4.78, 5) is 0. The van der Waals surface area contributed by atoms with Crippen molar-refractivity contribution in [2.24, 2.45) is 0 Å². The van der Waals surface area contributed by atoms with Crippen molar-refractivity contribution in [3.63, 3.8) is 0 Å². The lowest BCUT2D eigenvalue weighted by molar-refractivity contribution is 0.373. The van der Waals surface area contributed by atoms with Gasteiger partial charge in [-0.25, -0.2) is 8.42 Å². The molecule has 1 heterocycles. The van der Waals surface area contributed by atoms with Gasteiger partial charge in [0.05, 0.1) is 12.9 Å². The number of ether oxygens (including phenoxy) is 1. The van der Waals surface area contributed by atoms with Gasteiger partial charge in [-0.05, 0) is 23.8 Å². The van der Waals surface area contributed by atoms with E-state index in [0.29, 0.717) is 11.5 Å². The molecule has 1 aliphatic heterocycles. The molecule has 0 aliphatic carbocycles. The normalized spacial score (nSPS) is 20.9. The van der Waals surface area contributed by atoms with Crippen molar-refractivity contribution in [1.82, 2.24) is 5.32 Å². The van der Waals surface area contributed by atoms with E-state index in [9.17, 15) is 13.5 Å². The van der Waals surface area contributed by atoms with Crippen molar-refractivity contribution in [3.8, 4) is 11.5 Å². The molecule has 0 bridgehead atoms. The van der Waals surface area contributed by atoms with Crippen molar-refractivity contribution < 1.29 is 18.3 Å². The summed E-state index contributed by atoms with van der Waals surface area (Å²) < 4.78 is 28.0. The minimum Gasteiger partial charge on any atom is -0.504 e. The SMILES string of the molecule is CCS(=O)(=O)C1N/C(=C\c2ccc(O)c(OC)c2)CS1. The van der Waals surface area contributed by atoms with Crippen LogP contribution in [-0.4, -0.2) is 36.8 Å². The lowest BCUT2D eigenvalue weighted by atomic mass is 10.2. The summed E-state index contributed by atoms with van der Waals surface area (Å²) in [6.07, 6.45) is 1.86. The third kappa shape index (κ3) is 3.21. The second-order valence-electron chi connectivity index (χ2n) is 4.34. The molecule has 20 heavy (non-hydrogen) atoms. The Morgan fingerprint density at radius 3 is 2.95 bits per heavy atom. The van der Waals surface area contributed by atoms with Crippen molar-refractivity contribution in [2.45, 2.75) is 11.6 Å². The van der Waals surface area contributed by atoms with E-state index < -0.39 is 14.5 Å². The van der Waals surface area contributed by atoms with Crippen molar-refractivity contribution >= 4 is 27.7 Å². The quantitative estimate of drug-likeness (QED) is 0.882. The number of rotatable bonds is 4. The van der Waals surface area contributed by atoms with Gasteiger partial charge >= 0.3 is 0 Å². The maximum atomic E-state index is 11.8. The van der Waals surface area contributed by atoms with Crippen LogP contribution in [0.4, 0.5) is 0 Å². The number of thioether (sulfide) groups is 1. The van der Waals surface area contributed by atoms with Crippen LogP contribution < -0.4 is 10.1 Å². The van der Waals surface area contributed by atoms with Crippen LogP contribution in [0.5, 0.6) is 11.5 Å². The highest BCUT2D eigenvalue weighted by atomic mass is 32.3. The summed E-state index contributed by atoms with van der Waals surface area (Å²) in [5.41, 5.74) is 1.70. The first-order chi connectivity index (χ1) is 9.46. The van der Waals surface area contributed by atoms with Gasteiger partial charge in [0.2, 0.25) is 0 Å². The summed E-state index contributed by atoms with van der Waals surface area (Å²) in [5, 5.41) is 12.5. The average Bonchev–Trinajstić information content (AvgIpc) is 2.90. The van der Waals surface area contributed by atoms with E-state index in [-0.39, 0.29) is 11.5 Å². The third-order valence-electron chi connectivity index (χ3n) is 2.97. The van der Waals surface area contributed by atoms with Gasteiger partial charge < -0.3 is 15.2 Å². The number of aromatic hydroxyl groups is 1. The number of hydrogen-bond donors (Lipinski definition) is 2. The predicted molar refractivity (Wildman–Crippen MR) is 81.5 cm³/mol. The standard InChI is InChI=1S/C13H17NO4S2/c1-3-20(16,17)13-14-10(8-19-13)6-9-4-5-11(15)12(7-9)18-2/h4-7,13-15H,3,8H2,1-2H3/b10-6-. The third-order valence-corrected chi connectivity index (χ3v) is 6.73. The molecule has 110 valence electrons. The zero-order valence-corrected chi connectivity index (χ0v) is 12.9. The number of methoxy groups -OCH3 is 1. The Morgan fingerprint density at radius 2 is 2.30 bits per heavy atom. The van der Waals surface area contributed by atoms with E-state index in [4.69, 9.17) is 4.74 Å². The highest BCUT2D eigenvalue weighted by Gasteiger charge is 2.29. The highest BCUT2D eigenvalue weighted by Crippen LogP contribution is 2.30. The van der Waals surface area contributed by atoms with Crippen LogP contribution in [0.25, 0.3) is 6.08 Å². The zero-order valence-electron chi connectivity index (χ0n) is 11.3. The van der Waals surface area contributed by atoms with Crippen molar-refractivity contribution in [2.75, 3.05) is 18.6 Å². The second-order valence-corrected chi connectivity index (χ2v) is 8.11. The molecular formula is C13H17NO4S2. The first-order valence-corrected chi connectivity index (χ1v) is 8.90. The Labute approximate surface area is 122 Å². The zero-order chi connectivity index (χ0) is 14.8. The lowest BCUT2D eigenvalue weighted by Gasteiger charge is -2.09. The average molecular weight is 315 g/mol. The van der Waals surface area contributed by atoms with E-state index in [2.05, 4.69) is 5.32 Å². The van der Waals surface area contributed by atoms with Gasteiger partial charge in [0.1, 0.15) is 0 Å². The summed E-state index contributed by atoms with van der Waals surface area (Å²) >= 11 is 1.37. The summed E-state index contributed by atoms with van der Waals surface area (Å²) in [5.74, 6) is 1.21. The van der Waals surface area contributed by atoms with Crippen LogP contribution in [0.2, 0.25) is 0 Å². The molecule has 0 aromatic heterocycles. The van der Waals surface area contributed by atoms with Gasteiger partial charge in [-0.1, -0.05) is 13.0 Å². The fraction of sp³-hybridized carbons (Fsp3) is 0.385. The highest BCUT2D eigenvalue weighted by molar-refractivity contribution is 8.13. The van der Waals surface area contributed by atoms with Crippen LogP contribution >= 0.6 is 11.8 Å². The Morgan fingerprint density at radius 1 is 1.55 bits per heavy atom. The van der Waals surface area contributed by atoms with Gasteiger partial charge in [0, 0.05) is 11.4 Å². The van der Waals surface area contributed by atoms with Gasteiger partial charge in [-0.15, -0.1) is 11.8 Å². The van der Waals surface area contributed by atoms with Gasteiger partial charge in [-0.2, -0.15) is 0 Å². The molecule has 1 aromatic rings. The van der Waals surface area contributed by atoms with E-state index >= 15 is 0 Å².